The number of carboxylic acid groups (broad SMARTS) is 1. The lowest BCUT2D eigenvalue weighted by atomic mass is 9.82. The number of nitrogens with one attached hydrogen (secondary N) is 1. The molecule has 2 aromatic rings. The molecule has 30 heavy (non-hydrogen) atoms. The molecule has 0 aliphatic carbocycles. The molecular formula is C18H23BN4O7. The van der Waals surface area contributed by atoms with E-state index in [0.717, 1.165) is 0 Å². The minimum Gasteiger partial charge on any atom is -0.507 e. The van der Waals surface area contributed by atoms with Crippen LogP contribution in [0.3, 0.4) is 0 Å². The second kappa shape index (κ2) is 9.16. The standard InChI is InChI=1S/C18H23BN4O7/c20-13(5-11-6-21-9-22-11)17(25)23-7-12(8-23)30-14-2-1-10(3-4-19(28)29)16(24)15(14)18(26)27/h1-2,6,9,12-13,24,28-29H,3-5,7-8,20H2,(H,21,22)(H,26,27)/t13-/m1/s1. The van der Waals surface area contributed by atoms with E-state index in [-0.39, 0.29) is 43.1 Å². The number of aryl methyl sites for hydroxylation is 1. The fourth-order valence-corrected chi connectivity index (χ4v) is 3.23. The Kier molecular flexibility index (Phi) is 6.60. The molecule has 160 valence electrons. The Hall–Kier alpha value is -3.09. The van der Waals surface area contributed by atoms with Gasteiger partial charge in [0.2, 0.25) is 5.91 Å². The molecule has 1 saturated heterocycles. The van der Waals surface area contributed by atoms with Gasteiger partial charge in [-0.15, -0.1) is 0 Å². The summed E-state index contributed by atoms with van der Waals surface area (Å²) in [6.45, 7) is 0.483. The van der Waals surface area contributed by atoms with Crippen molar-refractivity contribution in [1.82, 2.24) is 14.9 Å². The van der Waals surface area contributed by atoms with Crippen LogP contribution >= 0.6 is 0 Å². The topological polar surface area (TPSA) is 182 Å². The lowest BCUT2D eigenvalue weighted by Gasteiger charge is -2.40. The molecule has 11 nitrogen and oxygen atoms in total. The largest absolute Gasteiger partial charge is 0.507 e. The number of hydrogen-bond acceptors (Lipinski definition) is 8. The lowest BCUT2D eigenvalue weighted by Crippen LogP contribution is -2.60. The van der Waals surface area contributed by atoms with Gasteiger partial charge in [-0.05, 0) is 24.4 Å². The normalized spacial score (nSPS) is 14.8. The average molecular weight is 418 g/mol. The van der Waals surface area contributed by atoms with E-state index in [1.807, 2.05) is 0 Å². The molecule has 1 fully saturated rings. The van der Waals surface area contributed by atoms with E-state index in [9.17, 15) is 19.8 Å². The Bertz CT molecular complexity index is 900. The van der Waals surface area contributed by atoms with Crippen LogP contribution in [0.25, 0.3) is 0 Å². The molecule has 1 aromatic carbocycles. The number of aromatic hydroxyl groups is 1. The second-order valence-electron chi connectivity index (χ2n) is 7.13. The van der Waals surface area contributed by atoms with Crippen molar-refractivity contribution in [2.24, 2.45) is 5.73 Å². The van der Waals surface area contributed by atoms with E-state index < -0.39 is 36.5 Å². The van der Waals surface area contributed by atoms with Gasteiger partial charge in [0, 0.05) is 12.6 Å². The third-order valence-corrected chi connectivity index (χ3v) is 4.86. The summed E-state index contributed by atoms with van der Waals surface area (Å²) in [6.07, 6.45) is 3.07. The molecule has 1 amide bonds. The fraction of sp³-hybridized carbons (Fsp3) is 0.389. The molecule has 2 heterocycles. The van der Waals surface area contributed by atoms with E-state index >= 15 is 0 Å². The Balaban J connectivity index is 1.60. The number of nitrogens with zero attached hydrogens (tertiary/aromatic N) is 2. The molecule has 1 aliphatic heterocycles. The Morgan fingerprint density at radius 3 is 2.70 bits per heavy atom. The molecule has 1 aromatic heterocycles. The number of carbonyl (C=O) groups excluding carboxylic acids is 1. The van der Waals surface area contributed by atoms with E-state index in [1.54, 1.807) is 6.20 Å². The number of aromatic nitrogens is 2. The van der Waals surface area contributed by atoms with Crippen LogP contribution in [-0.4, -0.2) is 79.4 Å². The highest BCUT2D eigenvalue weighted by molar-refractivity contribution is 6.41. The van der Waals surface area contributed by atoms with Gasteiger partial charge in [-0.25, -0.2) is 9.78 Å². The number of amides is 1. The molecule has 0 radical (unpaired) electrons. The first-order valence-corrected chi connectivity index (χ1v) is 9.39. The zero-order valence-electron chi connectivity index (χ0n) is 16.1. The number of benzene rings is 1. The molecule has 12 heteroatoms. The number of aromatic amines is 1. The number of H-pyrrole nitrogens is 1. The summed E-state index contributed by atoms with van der Waals surface area (Å²) in [4.78, 5) is 32.3. The first-order chi connectivity index (χ1) is 14.3. The number of nitrogens with two attached hydrogens (primary N) is 1. The van der Waals surface area contributed by atoms with Gasteiger partial charge in [0.25, 0.3) is 0 Å². The van der Waals surface area contributed by atoms with Gasteiger partial charge in [0.15, 0.2) is 0 Å². The van der Waals surface area contributed by atoms with Crippen molar-refractivity contribution in [1.29, 1.82) is 0 Å². The van der Waals surface area contributed by atoms with Gasteiger partial charge >= 0.3 is 13.1 Å². The highest BCUT2D eigenvalue weighted by atomic mass is 16.5. The van der Waals surface area contributed by atoms with E-state index in [2.05, 4.69) is 9.97 Å². The first kappa shape index (κ1) is 21.6. The molecule has 7 N–H and O–H groups in total. The number of ether oxygens (including phenoxy) is 1. The molecule has 3 rings (SSSR count). The molecule has 1 aliphatic rings. The summed E-state index contributed by atoms with van der Waals surface area (Å²) in [5, 5.41) is 37.7. The maximum atomic E-state index is 12.4. The number of rotatable bonds is 9. The maximum Gasteiger partial charge on any atom is 0.451 e. The summed E-state index contributed by atoms with van der Waals surface area (Å²) in [5.74, 6) is -2.13. The Morgan fingerprint density at radius 2 is 2.10 bits per heavy atom. The zero-order chi connectivity index (χ0) is 21.8. The van der Waals surface area contributed by atoms with Crippen LogP contribution in [0.4, 0.5) is 0 Å². The van der Waals surface area contributed by atoms with Gasteiger partial charge in [0.1, 0.15) is 23.2 Å². The lowest BCUT2D eigenvalue weighted by molar-refractivity contribution is -0.141. The first-order valence-electron chi connectivity index (χ1n) is 9.39. The summed E-state index contributed by atoms with van der Waals surface area (Å²) in [6, 6.07) is 2.14. The van der Waals surface area contributed by atoms with E-state index in [0.29, 0.717) is 12.1 Å². The molecule has 0 saturated carbocycles. The van der Waals surface area contributed by atoms with Gasteiger partial charge in [-0.3, -0.25) is 4.79 Å². The van der Waals surface area contributed by atoms with Crippen LogP contribution in [0.5, 0.6) is 11.5 Å². The van der Waals surface area contributed by atoms with Gasteiger partial charge in [0.05, 0.1) is 31.2 Å². The van der Waals surface area contributed by atoms with Crippen LogP contribution < -0.4 is 10.5 Å². The van der Waals surface area contributed by atoms with Crippen molar-refractivity contribution < 1.29 is 34.6 Å². The quantitative estimate of drug-likeness (QED) is 0.278. The van der Waals surface area contributed by atoms with Crippen molar-refractivity contribution in [2.45, 2.75) is 31.3 Å². The number of carboxylic acids is 1. The van der Waals surface area contributed by atoms with Crippen molar-refractivity contribution in [2.75, 3.05) is 13.1 Å². The highest BCUT2D eigenvalue weighted by Gasteiger charge is 2.36. The minimum absolute atomic E-state index is 0.0220. The summed E-state index contributed by atoms with van der Waals surface area (Å²) >= 11 is 0. The van der Waals surface area contributed by atoms with Crippen LogP contribution in [0.2, 0.25) is 6.32 Å². The number of aromatic carboxylic acids is 1. The molecular weight excluding hydrogens is 395 g/mol. The van der Waals surface area contributed by atoms with Crippen LogP contribution in [0.1, 0.15) is 21.6 Å². The second-order valence-corrected chi connectivity index (χ2v) is 7.13. The van der Waals surface area contributed by atoms with Crippen molar-refractivity contribution in [3.8, 4) is 11.5 Å². The van der Waals surface area contributed by atoms with Crippen LogP contribution in [-0.2, 0) is 17.6 Å². The van der Waals surface area contributed by atoms with Crippen molar-refractivity contribution in [3.63, 3.8) is 0 Å². The number of hydrogen-bond donors (Lipinski definition) is 6. The monoisotopic (exact) mass is 418 g/mol. The zero-order valence-corrected chi connectivity index (χ0v) is 16.1. The predicted molar refractivity (Wildman–Crippen MR) is 105 cm³/mol. The van der Waals surface area contributed by atoms with Crippen LogP contribution in [0, 0.1) is 0 Å². The Labute approximate surface area is 172 Å². The highest BCUT2D eigenvalue weighted by Crippen LogP contribution is 2.34. The van der Waals surface area contributed by atoms with E-state index in [4.69, 9.17) is 20.5 Å². The third-order valence-electron chi connectivity index (χ3n) is 4.86. The van der Waals surface area contributed by atoms with Crippen molar-refractivity contribution >= 4 is 19.0 Å². The fourth-order valence-electron chi connectivity index (χ4n) is 3.23. The third kappa shape index (κ3) is 4.90. The Morgan fingerprint density at radius 1 is 1.37 bits per heavy atom. The molecule has 0 spiro atoms. The molecule has 0 unspecified atom stereocenters. The maximum absolute atomic E-state index is 12.4. The number of carbonyl (C=O) groups is 2. The number of phenols is 1. The SMILES string of the molecule is N[C@H](Cc1c[nH]cn1)C(=O)N1CC(Oc2ccc(CCB(O)O)c(O)c2C(=O)O)C1. The molecule has 1 atom stereocenters. The number of imidazole rings is 1. The van der Waals surface area contributed by atoms with E-state index in [1.165, 1.54) is 23.4 Å². The van der Waals surface area contributed by atoms with Gasteiger partial charge in [-0.1, -0.05) is 6.07 Å². The average Bonchev–Trinajstić information content (AvgIpc) is 3.15. The minimum atomic E-state index is -1.56. The summed E-state index contributed by atoms with van der Waals surface area (Å²) in [5.41, 5.74) is 6.48. The smallest absolute Gasteiger partial charge is 0.451 e. The van der Waals surface area contributed by atoms with Gasteiger partial charge in [-0.2, -0.15) is 0 Å². The summed E-state index contributed by atoms with van der Waals surface area (Å²) in [7, 11) is -1.56. The van der Waals surface area contributed by atoms with Crippen LogP contribution in [0.15, 0.2) is 24.7 Å². The number of likely N-dealkylation sites (tertiary alicyclic amines) is 1. The predicted octanol–water partition coefficient (Wildman–Crippen LogP) is -1.01. The molecule has 0 bridgehead atoms. The van der Waals surface area contributed by atoms with Crippen molar-refractivity contribution in [3.05, 3.63) is 41.5 Å². The summed E-state index contributed by atoms with van der Waals surface area (Å²) < 4.78 is 5.68. The van der Waals surface area contributed by atoms with Gasteiger partial charge < -0.3 is 40.6 Å².